The monoisotopic (exact) mass is 369 g/mol. The van der Waals surface area contributed by atoms with Gasteiger partial charge in [0.1, 0.15) is 11.8 Å². The van der Waals surface area contributed by atoms with Gasteiger partial charge in [-0.15, -0.1) is 0 Å². The van der Waals surface area contributed by atoms with E-state index in [0.717, 1.165) is 30.2 Å². The first kappa shape index (κ1) is 20.6. The van der Waals surface area contributed by atoms with Gasteiger partial charge in [0.25, 0.3) is 0 Å². The summed E-state index contributed by atoms with van der Waals surface area (Å²) in [5.41, 5.74) is 2.13. The summed E-state index contributed by atoms with van der Waals surface area (Å²) in [7, 11) is 1.65. The van der Waals surface area contributed by atoms with Crippen molar-refractivity contribution in [1.29, 1.82) is 0 Å². The number of benzene rings is 1. The van der Waals surface area contributed by atoms with Gasteiger partial charge in [-0.3, -0.25) is 0 Å². The van der Waals surface area contributed by atoms with Crippen LogP contribution in [0.3, 0.4) is 0 Å². The van der Waals surface area contributed by atoms with E-state index < -0.39 is 0 Å². The van der Waals surface area contributed by atoms with E-state index in [2.05, 4.69) is 24.1 Å². The van der Waals surface area contributed by atoms with Crippen LogP contribution in [0.5, 0.6) is 11.5 Å². The Bertz CT molecular complexity index is 619. The van der Waals surface area contributed by atoms with Crippen LogP contribution in [0.1, 0.15) is 25.0 Å². The van der Waals surface area contributed by atoms with Crippen molar-refractivity contribution in [2.75, 3.05) is 13.7 Å². The summed E-state index contributed by atoms with van der Waals surface area (Å²) in [6.45, 7) is 6.61. The number of ether oxygens (including phenoxy) is 2. The molecule has 0 unspecified atom stereocenters. The van der Waals surface area contributed by atoms with Crippen LogP contribution >= 0.6 is 11.6 Å². The molecule has 0 saturated heterocycles. The van der Waals surface area contributed by atoms with Crippen molar-refractivity contribution in [3.63, 3.8) is 0 Å². The lowest BCUT2D eigenvalue weighted by atomic mass is 10.2. The zero-order valence-electron chi connectivity index (χ0n) is 14.2. The molecule has 132 valence electrons. The largest absolute Gasteiger partial charge is 1.00 e. The number of rotatable bonds is 8. The fourth-order valence-electron chi connectivity index (χ4n) is 2.10. The summed E-state index contributed by atoms with van der Waals surface area (Å²) in [5.74, 6) is 2.08. The van der Waals surface area contributed by atoms with E-state index in [9.17, 15) is 0 Å². The lowest BCUT2D eigenvalue weighted by molar-refractivity contribution is -0.00000549. The molecule has 6 heteroatoms. The van der Waals surface area contributed by atoms with Crippen molar-refractivity contribution in [2.45, 2.75) is 27.0 Å². The quantitative estimate of drug-likeness (QED) is 0.707. The summed E-state index contributed by atoms with van der Waals surface area (Å²) >= 11 is 5.78. The predicted molar refractivity (Wildman–Crippen MR) is 93.1 cm³/mol. The molecule has 1 aromatic heterocycles. The highest BCUT2D eigenvalue weighted by molar-refractivity contribution is 6.29. The number of nitrogens with zero attached hydrogens (tertiary/aromatic N) is 1. The molecule has 0 atom stereocenters. The van der Waals surface area contributed by atoms with Crippen molar-refractivity contribution >= 4 is 11.6 Å². The second-order valence-electron chi connectivity index (χ2n) is 5.79. The van der Waals surface area contributed by atoms with Crippen LogP contribution in [0.25, 0.3) is 0 Å². The fourth-order valence-corrected chi connectivity index (χ4v) is 2.21. The van der Waals surface area contributed by atoms with Gasteiger partial charge in [-0.25, -0.2) is 4.98 Å². The van der Waals surface area contributed by atoms with Gasteiger partial charge in [-0.1, -0.05) is 37.6 Å². The summed E-state index contributed by atoms with van der Waals surface area (Å²) in [6, 6.07) is 9.63. The number of pyridine rings is 1. The zero-order valence-corrected chi connectivity index (χ0v) is 15.7. The molecule has 2 aromatic rings. The van der Waals surface area contributed by atoms with E-state index in [1.165, 1.54) is 5.56 Å². The van der Waals surface area contributed by atoms with Crippen molar-refractivity contribution in [2.24, 2.45) is 5.92 Å². The maximum absolute atomic E-state index is 5.82. The average molecular weight is 370 g/mol. The first-order valence-corrected chi connectivity index (χ1v) is 8.07. The minimum atomic E-state index is 0. The first-order valence-electron chi connectivity index (χ1n) is 7.69. The lowest BCUT2D eigenvalue weighted by Crippen LogP contribution is -3.00. The van der Waals surface area contributed by atoms with E-state index in [-0.39, 0.29) is 12.4 Å². The van der Waals surface area contributed by atoms with Gasteiger partial charge in [0, 0.05) is 18.3 Å². The van der Waals surface area contributed by atoms with Crippen molar-refractivity contribution < 1.29 is 21.9 Å². The highest BCUT2D eigenvalue weighted by Crippen LogP contribution is 2.28. The summed E-state index contributed by atoms with van der Waals surface area (Å²) in [5, 5.41) is 3.89. The van der Waals surface area contributed by atoms with Gasteiger partial charge in [0.2, 0.25) is 0 Å². The third kappa shape index (κ3) is 6.56. The van der Waals surface area contributed by atoms with E-state index >= 15 is 0 Å². The molecular formula is C18H23Cl2N2O2-. The van der Waals surface area contributed by atoms with E-state index in [1.54, 1.807) is 19.4 Å². The Morgan fingerprint density at radius 3 is 2.50 bits per heavy atom. The number of halogens is 2. The molecule has 0 spiro atoms. The fraction of sp³-hybridized carbons (Fsp3) is 0.389. The van der Waals surface area contributed by atoms with E-state index in [1.807, 2.05) is 24.3 Å². The Labute approximate surface area is 154 Å². The van der Waals surface area contributed by atoms with Gasteiger partial charge < -0.3 is 27.2 Å². The van der Waals surface area contributed by atoms with Gasteiger partial charge in [0.15, 0.2) is 11.5 Å². The SMILES string of the molecule is COc1cc(CNCC(C)C)ccc1OCc1ccc(Cl)nc1.[Cl-]. The maximum atomic E-state index is 5.82. The molecule has 1 heterocycles. The molecule has 0 saturated carbocycles. The summed E-state index contributed by atoms with van der Waals surface area (Å²) in [6.07, 6.45) is 1.71. The topological polar surface area (TPSA) is 43.4 Å². The Morgan fingerprint density at radius 2 is 1.88 bits per heavy atom. The molecule has 0 amide bonds. The van der Waals surface area contributed by atoms with Crippen LogP contribution in [-0.2, 0) is 13.2 Å². The molecule has 0 radical (unpaired) electrons. The molecule has 1 aromatic carbocycles. The Morgan fingerprint density at radius 1 is 1.12 bits per heavy atom. The molecule has 1 N–H and O–H groups in total. The van der Waals surface area contributed by atoms with Crippen LogP contribution < -0.4 is 27.2 Å². The van der Waals surface area contributed by atoms with Crippen LogP contribution in [0.15, 0.2) is 36.5 Å². The molecule has 0 fully saturated rings. The van der Waals surface area contributed by atoms with Gasteiger partial charge in [0.05, 0.1) is 7.11 Å². The third-order valence-corrected chi connectivity index (χ3v) is 3.52. The summed E-state index contributed by atoms with van der Waals surface area (Å²) < 4.78 is 11.3. The Balaban J connectivity index is 0.00000288. The smallest absolute Gasteiger partial charge is 0.161 e. The van der Waals surface area contributed by atoms with Crippen molar-refractivity contribution in [3.8, 4) is 11.5 Å². The van der Waals surface area contributed by atoms with E-state index in [4.69, 9.17) is 21.1 Å². The molecule has 4 nitrogen and oxygen atoms in total. The minimum absolute atomic E-state index is 0. The third-order valence-electron chi connectivity index (χ3n) is 3.29. The van der Waals surface area contributed by atoms with Crippen molar-refractivity contribution in [3.05, 3.63) is 52.8 Å². The minimum Gasteiger partial charge on any atom is -1.00 e. The Kier molecular flexibility index (Phi) is 8.90. The molecule has 0 aliphatic carbocycles. The molecule has 2 rings (SSSR count). The number of methoxy groups -OCH3 is 1. The summed E-state index contributed by atoms with van der Waals surface area (Å²) in [4.78, 5) is 4.04. The molecule has 0 aliphatic rings. The number of hydrogen-bond acceptors (Lipinski definition) is 4. The predicted octanol–water partition coefficient (Wildman–Crippen LogP) is 1.07. The zero-order chi connectivity index (χ0) is 16.7. The average Bonchev–Trinajstić information content (AvgIpc) is 2.54. The molecule has 0 aliphatic heterocycles. The Hall–Kier alpha value is -1.49. The molecular weight excluding hydrogens is 347 g/mol. The second kappa shape index (κ2) is 10.4. The number of nitrogens with one attached hydrogen (secondary N) is 1. The van der Waals surface area contributed by atoms with Crippen LogP contribution in [0, 0.1) is 5.92 Å². The van der Waals surface area contributed by atoms with Crippen molar-refractivity contribution in [1.82, 2.24) is 10.3 Å². The highest BCUT2D eigenvalue weighted by atomic mass is 35.5. The second-order valence-corrected chi connectivity index (χ2v) is 6.18. The first-order chi connectivity index (χ1) is 11.1. The van der Waals surface area contributed by atoms with E-state index in [0.29, 0.717) is 17.7 Å². The van der Waals surface area contributed by atoms with Gasteiger partial charge in [-0.05, 0) is 36.2 Å². The van der Waals surface area contributed by atoms with Crippen LogP contribution in [-0.4, -0.2) is 18.6 Å². The molecule has 24 heavy (non-hydrogen) atoms. The highest BCUT2D eigenvalue weighted by Gasteiger charge is 2.07. The maximum Gasteiger partial charge on any atom is 0.161 e. The standard InChI is InChI=1S/C18H23ClN2O2.ClH/c1-13(2)9-20-10-14-4-6-16(17(8-14)22-3)23-12-15-5-7-18(19)21-11-15;/h4-8,11,13,20H,9-10,12H2,1-3H3;1H/p-1. The van der Waals surface area contributed by atoms with Crippen LogP contribution in [0.4, 0.5) is 0 Å². The lowest BCUT2D eigenvalue weighted by Gasteiger charge is -2.13. The molecule has 0 bridgehead atoms. The van der Waals surface area contributed by atoms with Gasteiger partial charge >= 0.3 is 0 Å². The number of hydrogen-bond donors (Lipinski definition) is 1. The van der Waals surface area contributed by atoms with Gasteiger partial charge in [-0.2, -0.15) is 0 Å². The normalized spacial score (nSPS) is 10.4. The number of aromatic nitrogens is 1. The van der Waals surface area contributed by atoms with Crippen LogP contribution in [0.2, 0.25) is 5.15 Å².